The van der Waals surface area contributed by atoms with Crippen molar-refractivity contribution >= 4 is 5.97 Å². The van der Waals surface area contributed by atoms with Gasteiger partial charge in [-0.3, -0.25) is 0 Å². The number of aryl methyl sites for hydroxylation is 1. The van der Waals surface area contributed by atoms with Crippen molar-refractivity contribution in [1.82, 2.24) is 0 Å². The molecule has 1 atom stereocenters. The van der Waals surface area contributed by atoms with E-state index in [1.807, 2.05) is 6.07 Å². The molecule has 1 unspecified atom stereocenters. The Morgan fingerprint density at radius 1 is 1.50 bits per heavy atom. The highest BCUT2D eigenvalue weighted by molar-refractivity contribution is 5.90. The van der Waals surface area contributed by atoms with Crippen LogP contribution in [0, 0.1) is 4.91 Å². The number of hydrogen-bond acceptors (Lipinski definition) is 3. The highest BCUT2D eigenvalue weighted by Crippen LogP contribution is 2.36. The van der Waals surface area contributed by atoms with Gasteiger partial charge < -0.3 is 5.11 Å². The minimum Gasteiger partial charge on any atom is -0.478 e. The number of nitrogens with zero attached hydrogens (tertiary/aromatic N) is 1. The maximum atomic E-state index is 10.9. The van der Waals surface area contributed by atoms with Gasteiger partial charge in [0.05, 0.1) is 5.56 Å². The van der Waals surface area contributed by atoms with Gasteiger partial charge >= 0.3 is 5.97 Å². The molecule has 14 heavy (non-hydrogen) atoms. The first-order chi connectivity index (χ1) is 6.74. The normalized spacial score (nSPS) is 19.0. The first kappa shape index (κ1) is 8.87. The summed E-state index contributed by atoms with van der Waals surface area (Å²) in [5.74, 6) is -0.989. The third-order valence-corrected chi connectivity index (χ3v) is 2.57. The van der Waals surface area contributed by atoms with Crippen molar-refractivity contribution in [1.29, 1.82) is 0 Å². The standard InChI is InChI=1S/C10H9NO3/c12-10(13)7-3-1-2-6-4-5-8(11-14)9(6)7/h1-3,8H,4-5H2,(H,12,13). The zero-order valence-corrected chi connectivity index (χ0v) is 7.43. The molecule has 0 fully saturated rings. The van der Waals surface area contributed by atoms with E-state index in [4.69, 9.17) is 5.11 Å². The Balaban J connectivity index is 2.59. The number of rotatable bonds is 2. The van der Waals surface area contributed by atoms with E-state index in [1.165, 1.54) is 6.07 Å². The SMILES string of the molecule is O=NC1CCc2cccc(C(=O)O)c21. The molecule has 4 nitrogen and oxygen atoms in total. The topological polar surface area (TPSA) is 66.7 Å². The summed E-state index contributed by atoms with van der Waals surface area (Å²) in [6.07, 6.45) is 1.37. The van der Waals surface area contributed by atoms with Crippen molar-refractivity contribution in [2.24, 2.45) is 5.18 Å². The molecule has 1 aromatic rings. The number of carboxylic acids is 1. The zero-order valence-electron chi connectivity index (χ0n) is 7.43. The van der Waals surface area contributed by atoms with Gasteiger partial charge in [-0.25, -0.2) is 4.79 Å². The van der Waals surface area contributed by atoms with Crippen LogP contribution in [0.3, 0.4) is 0 Å². The first-order valence-corrected chi connectivity index (χ1v) is 4.41. The molecule has 1 aliphatic carbocycles. The van der Waals surface area contributed by atoms with E-state index in [-0.39, 0.29) is 5.56 Å². The summed E-state index contributed by atoms with van der Waals surface area (Å²) in [5.41, 5.74) is 1.76. The van der Waals surface area contributed by atoms with E-state index < -0.39 is 12.0 Å². The van der Waals surface area contributed by atoms with Crippen molar-refractivity contribution in [3.63, 3.8) is 0 Å². The molecule has 0 aromatic heterocycles. The summed E-state index contributed by atoms with van der Waals surface area (Å²) in [4.78, 5) is 21.4. The molecule has 72 valence electrons. The van der Waals surface area contributed by atoms with Gasteiger partial charge in [0.15, 0.2) is 0 Å². The van der Waals surface area contributed by atoms with Crippen LogP contribution in [0.2, 0.25) is 0 Å². The van der Waals surface area contributed by atoms with E-state index >= 15 is 0 Å². The quantitative estimate of drug-likeness (QED) is 0.728. The number of hydrogen-bond donors (Lipinski definition) is 1. The van der Waals surface area contributed by atoms with Gasteiger partial charge in [-0.1, -0.05) is 17.3 Å². The third kappa shape index (κ3) is 1.19. The largest absolute Gasteiger partial charge is 0.478 e. The number of carboxylic acid groups (broad SMARTS) is 1. The van der Waals surface area contributed by atoms with Crippen molar-refractivity contribution in [2.45, 2.75) is 18.9 Å². The van der Waals surface area contributed by atoms with E-state index in [9.17, 15) is 9.70 Å². The van der Waals surface area contributed by atoms with Gasteiger partial charge in [0.2, 0.25) is 0 Å². The number of fused-ring (bicyclic) bond motifs is 1. The number of carbonyl (C=O) groups is 1. The molecule has 4 heteroatoms. The molecule has 1 aromatic carbocycles. The van der Waals surface area contributed by atoms with E-state index in [0.717, 1.165) is 12.0 Å². The molecule has 0 bridgehead atoms. The average molecular weight is 191 g/mol. The highest BCUT2D eigenvalue weighted by Gasteiger charge is 2.28. The third-order valence-electron chi connectivity index (χ3n) is 2.57. The number of aromatic carboxylic acids is 1. The Morgan fingerprint density at radius 2 is 2.29 bits per heavy atom. The summed E-state index contributed by atoms with van der Waals surface area (Å²) in [7, 11) is 0. The Morgan fingerprint density at radius 3 is 2.93 bits per heavy atom. The fraction of sp³-hybridized carbons (Fsp3) is 0.300. The first-order valence-electron chi connectivity index (χ1n) is 4.41. The van der Waals surface area contributed by atoms with Gasteiger partial charge in [-0.05, 0) is 30.0 Å². The van der Waals surface area contributed by atoms with E-state index in [1.54, 1.807) is 6.07 Å². The molecule has 1 aliphatic rings. The van der Waals surface area contributed by atoms with Gasteiger partial charge in [0.25, 0.3) is 0 Å². The van der Waals surface area contributed by atoms with Crippen LogP contribution in [0.1, 0.15) is 33.9 Å². The molecule has 0 amide bonds. The Labute approximate surface area is 80.5 Å². The van der Waals surface area contributed by atoms with Crippen LogP contribution in [-0.2, 0) is 6.42 Å². The van der Waals surface area contributed by atoms with Crippen LogP contribution in [-0.4, -0.2) is 11.1 Å². The minimum atomic E-state index is -0.989. The highest BCUT2D eigenvalue weighted by atomic mass is 16.4. The second-order valence-corrected chi connectivity index (χ2v) is 3.34. The van der Waals surface area contributed by atoms with Crippen LogP contribution >= 0.6 is 0 Å². The Hall–Kier alpha value is -1.71. The summed E-state index contributed by atoms with van der Waals surface area (Å²) in [6.45, 7) is 0. The lowest BCUT2D eigenvalue weighted by molar-refractivity contribution is 0.0695. The van der Waals surface area contributed by atoms with Crippen molar-refractivity contribution < 1.29 is 9.90 Å². The smallest absolute Gasteiger partial charge is 0.336 e. The summed E-state index contributed by atoms with van der Waals surface area (Å²) >= 11 is 0. The maximum absolute atomic E-state index is 10.9. The van der Waals surface area contributed by atoms with E-state index in [2.05, 4.69) is 5.18 Å². The molecule has 0 heterocycles. The van der Waals surface area contributed by atoms with Crippen molar-refractivity contribution in [3.8, 4) is 0 Å². The lowest BCUT2D eigenvalue weighted by Crippen LogP contribution is -2.03. The predicted octanol–water partition coefficient (Wildman–Crippen LogP) is 2.14. The Bertz CT molecular complexity index is 400. The number of benzene rings is 1. The maximum Gasteiger partial charge on any atom is 0.336 e. The second-order valence-electron chi connectivity index (χ2n) is 3.34. The fourth-order valence-corrected chi connectivity index (χ4v) is 1.95. The van der Waals surface area contributed by atoms with Crippen LogP contribution < -0.4 is 0 Å². The molecular formula is C10H9NO3. The molecule has 0 radical (unpaired) electrons. The summed E-state index contributed by atoms with van der Waals surface area (Å²) in [5, 5.41) is 11.9. The molecule has 0 saturated carbocycles. The molecule has 0 spiro atoms. The fourth-order valence-electron chi connectivity index (χ4n) is 1.95. The minimum absolute atomic E-state index is 0.213. The van der Waals surface area contributed by atoms with Crippen LogP contribution in [0.25, 0.3) is 0 Å². The monoisotopic (exact) mass is 191 g/mol. The van der Waals surface area contributed by atoms with Crippen LogP contribution in [0.4, 0.5) is 0 Å². The second kappa shape index (κ2) is 3.21. The molecule has 2 rings (SSSR count). The van der Waals surface area contributed by atoms with Gasteiger partial charge in [0.1, 0.15) is 6.04 Å². The van der Waals surface area contributed by atoms with Crippen molar-refractivity contribution in [3.05, 3.63) is 39.8 Å². The predicted molar refractivity (Wildman–Crippen MR) is 50.3 cm³/mol. The zero-order chi connectivity index (χ0) is 10.1. The lowest BCUT2D eigenvalue weighted by atomic mass is 10.0. The molecule has 0 saturated heterocycles. The van der Waals surface area contributed by atoms with Gasteiger partial charge in [-0.15, -0.1) is 0 Å². The van der Waals surface area contributed by atoms with Gasteiger partial charge in [0, 0.05) is 0 Å². The van der Waals surface area contributed by atoms with E-state index in [0.29, 0.717) is 12.0 Å². The number of nitroso groups, excluding NO2 is 1. The van der Waals surface area contributed by atoms with Crippen molar-refractivity contribution in [2.75, 3.05) is 0 Å². The molecular weight excluding hydrogens is 182 g/mol. The average Bonchev–Trinajstić information content (AvgIpc) is 2.59. The Kier molecular flexibility index (Phi) is 2.04. The van der Waals surface area contributed by atoms with Crippen LogP contribution in [0.5, 0.6) is 0 Å². The molecule has 0 aliphatic heterocycles. The molecule has 1 N–H and O–H groups in total. The van der Waals surface area contributed by atoms with Gasteiger partial charge in [-0.2, -0.15) is 4.91 Å². The van der Waals surface area contributed by atoms with Crippen LogP contribution in [0.15, 0.2) is 23.4 Å². The summed E-state index contributed by atoms with van der Waals surface area (Å²) in [6, 6.07) is 4.60. The lowest BCUT2D eigenvalue weighted by Gasteiger charge is -2.06. The summed E-state index contributed by atoms with van der Waals surface area (Å²) < 4.78 is 0.